The SMILES string of the molecule is CCc1ccc(NC(=O)CS(=O)CC(=O)N2CCN(C3CCCC3)CC2)cc1. The smallest absolute Gasteiger partial charge is 0.237 e. The van der Waals surface area contributed by atoms with Gasteiger partial charge in [-0.25, -0.2) is 0 Å². The largest absolute Gasteiger partial charge is 0.339 e. The maximum atomic E-state index is 12.4. The average Bonchev–Trinajstić information content (AvgIpc) is 3.23. The summed E-state index contributed by atoms with van der Waals surface area (Å²) in [6.45, 7) is 5.27. The molecule has 1 aromatic rings. The van der Waals surface area contributed by atoms with Crippen LogP contribution in [0.2, 0.25) is 0 Å². The van der Waals surface area contributed by atoms with Crippen LogP contribution in [0.1, 0.15) is 38.2 Å². The summed E-state index contributed by atoms with van der Waals surface area (Å²) >= 11 is 0. The summed E-state index contributed by atoms with van der Waals surface area (Å²) in [5, 5.41) is 2.75. The fourth-order valence-electron chi connectivity index (χ4n) is 4.05. The fourth-order valence-corrected chi connectivity index (χ4v) is 4.98. The number of amides is 2. The van der Waals surface area contributed by atoms with Crippen molar-refractivity contribution in [3.05, 3.63) is 29.8 Å². The van der Waals surface area contributed by atoms with Crippen molar-refractivity contribution in [1.82, 2.24) is 9.80 Å². The highest BCUT2D eigenvalue weighted by Crippen LogP contribution is 2.24. The molecule has 0 spiro atoms. The van der Waals surface area contributed by atoms with Crippen LogP contribution in [0.3, 0.4) is 0 Å². The van der Waals surface area contributed by atoms with Crippen LogP contribution in [0.25, 0.3) is 0 Å². The van der Waals surface area contributed by atoms with E-state index in [0.29, 0.717) is 24.8 Å². The van der Waals surface area contributed by atoms with Gasteiger partial charge in [-0.05, 0) is 37.0 Å². The van der Waals surface area contributed by atoms with Gasteiger partial charge in [0.15, 0.2) is 0 Å². The van der Waals surface area contributed by atoms with Crippen LogP contribution in [-0.4, -0.2) is 69.5 Å². The predicted octanol–water partition coefficient (Wildman–Crippen LogP) is 2.02. The van der Waals surface area contributed by atoms with Crippen molar-refractivity contribution in [2.75, 3.05) is 43.0 Å². The third-order valence-electron chi connectivity index (χ3n) is 5.73. The van der Waals surface area contributed by atoms with E-state index < -0.39 is 10.8 Å². The summed E-state index contributed by atoms with van der Waals surface area (Å²) in [4.78, 5) is 28.8. The fraction of sp³-hybridized carbons (Fsp3) is 0.619. The van der Waals surface area contributed by atoms with Gasteiger partial charge in [-0.15, -0.1) is 0 Å². The number of hydrogen-bond acceptors (Lipinski definition) is 4. The predicted molar refractivity (Wildman–Crippen MR) is 113 cm³/mol. The molecule has 1 unspecified atom stereocenters. The van der Waals surface area contributed by atoms with Gasteiger partial charge < -0.3 is 10.2 Å². The minimum Gasteiger partial charge on any atom is -0.339 e. The number of benzene rings is 1. The molecular formula is C21H31N3O3S. The van der Waals surface area contributed by atoms with Crippen LogP contribution in [0, 0.1) is 0 Å². The van der Waals surface area contributed by atoms with Crippen molar-refractivity contribution in [2.45, 2.75) is 45.1 Å². The Morgan fingerprint density at radius 3 is 2.29 bits per heavy atom. The summed E-state index contributed by atoms with van der Waals surface area (Å²) in [6.07, 6.45) is 6.11. The van der Waals surface area contributed by atoms with E-state index in [1.165, 1.54) is 31.2 Å². The summed E-state index contributed by atoms with van der Waals surface area (Å²) in [7, 11) is -1.49. The van der Waals surface area contributed by atoms with Crippen LogP contribution in [0.4, 0.5) is 5.69 Å². The molecule has 1 N–H and O–H groups in total. The van der Waals surface area contributed by atoms with Crippen molar-refractivity contribution in [2.24, 2.45) is 0 Å². The highest BCUT2D eigenvalue weighted by Gasteiger charge is 2.28. The number of hydrogen-bond donors (Lipinski definition) is 1. The quantitative estimate of drug-likeness (QED) is 0.754. The van der Waals surface area contributed by atoms with Crippen molar-refractivity contribution >= 4 is 28.3 Å². The van der Waals surface area contributed by atoms with Gasteiger partial charge in [-0.2, -0.15) is 0 Å². The number of piperazine rings is 1. The van der Waals surface area contributed by atoms with Crippen LogP contribution in [0.15, 0.2) is 24.3 Å². The van der Waals surface area contributed by atoms with Crippen LogP contribution < -0.4 is 5.32 Å². The number of carbonyl (C=O) groups excluding carboxylic acids is 2. The van der Waals surface area contributed by atoms with E-state index in [1.807, 2.05) is 24.3 Å². The van der Waals surface area contributed by atoms with E-state index >= 15 is 0 Å². The molecule has 1 saturated heterocycles. The van der Waals surface area contributed by atoms with Gasteiger partial charge in [0.05, 0.1) is 0 Å². The Morgan fingerprint density at radius 1 is 1.04 bits per heavy atom. The second kappa shape index (κ2) is 10.2. The lowest BCUT2D eigenvalue weighted by atomic mass is 10.1. The third-order valence-corrected chi connectivity index (χ3v) is 6.88. The highest BCUT2D eigenvalue weighted by molar-refractivity contribution is 7.86. The molecule has 0 bridgehead atoms. The lowest BCUT2D eigenvalue weighted by Crippen LogP contribution is -2.52. The zero-order chi connectivity index (χ0) is 19.9. The first-order valence-electron chi connectivity index (χ1n) is 10.3. The zero-order valence-electron chi connectivity index (χ0n) is 16.7. The molecule has 1 atom stereocenters. The molecule has 1 aromatic carbocycles. The molecule has 1 aliphatic carbocycles. The van der Waals surface area contributed by atoms with Gasteiger partial charge >= 0.3 is 0 Å². The normalized spacial score (nSPS) is 19.5. The average molecular weight is 406 g/mol. The first-order chi connectivity index (χ1) is 13.5. The second-order valence-corrected chi connectivity index (χ2v) is 9.14. The van der Waals surface area contributed by atoms with Crippen LogP contribution in [-0.2, 0) is 26.8 Å². The Hall–Kier alpha value is -1.73. The molecule has 28 heavy (non-hydrogen) atoms. The molecule has 0 radical (unpaired) electrons. The lowest BCUT2D eigenvalue weighted by Gasteiger charge is -2.38. The van der Waals surface area contributed by atoms with Crippen molar-refractivity contribution < 1.29 is 13.8 Å². The van der Waals surface area contributed by atoms with Crippen molar-refractivity contribution in [3.63, 3.8) is 0 Å². The molecule has 1 heterocycles. The minimum absolute atomic E-state index is 0.0778. The van der Waals surface area contributed by atoms with Gasteiger partial charge in [-0.3, -0.25) is 18.7 Å². The minimum atomic E-state index is -1.49. The van der Waals surface area contributed by atoms with E-state index in [1.54, 1.807) is 4.90 Å². The number of carbonyl (C=O) groups is 2. The number of rotatable bonds is 7. The number of aryl methyl sites for hydroxylation is 1. The van der Waals surface area contributed by atoms with E-state index in [4.69, 9.17) is 0 Å². The second-order valence-electron chi connectivity index (χ2n) is 7.68. The number of nitrogens with one attached hydrogen (secondary N) is 1. The molecule has 1 aliphatic heterocycles. The summed E-state index contributed by atoms with van der Waals surface area (Å²) in [6, 6.07) is 8.29. The van der Waals surface area contributed by atoms with E-state index in [0.717, 1.165) is 19.5 Å². The van der Waals surface area contributed by atoms with Gasteiger partial charge in [-0.1, -0.05) is 31.9 Å². The first kappa shape index (κ1) is 21.0. The number of anilines is 1. The monoisotopic (exact) mass is 405 g/mol. The molecule has 3 rings (SSSR count). The molecule has 2 fully saturated rings. The summed E-state index contributed by atoms with van der Waals surface area (Å²) < 4.78 is 12.3. The number of nitrogens with zero attached hydrogens (tertiary/aromatic N) is 2. The van der Waals surface area contributed by atoms with Crippen LogP contribution in [0.5, 0.6) is 0 Å². The topological polar surface area (TPSA) is 69.7 Å². The summed E-state index contributed by atoms with van der Waals surface area (Å²) in [5.41, 5.74) is 1.88. The van der Waals surface area contributed by atoms with E-state index in [-0.39, 0.29) is 23.3 Å². The van der Waals surface area contributed by atoms with E-state index in [2.05, 4.69) is 17.1 Å². The lowest BCUT2D eigenvalue weighted by molar-refractivity contribution is -0.130. The van der Waals surface area contributed by atoms with Gasteiger partial charge in [0.2, 0.25) is 11.8 Å². The molecule has 154 valence electrons. The van der Waals surface area contributed by atoms with E-state index in [9.17, 15) is 13.8 Å². The van der Waals surface area contributed by atoms with Crippen LogP contribution >= 0.6 is 0 Å². The third kappa shape index (κ3) is 5.88. The molecule has 2 amide bonds. The maximum Gasteiger partial charge on any atom is 0.237 e. The molecule has 0 aromatic heterocycles. The standard InChI is InChI=1S/C21H31N3O3S/c1-2-17-7-9-18(10-8-17)22-20(25)15-28(27)16-21(26)24-13-11-23(12-14-24)19-5-3-4-6-19/h7-10,19H,2-6,11-16H2,1H3,(H,22,25). The van der Waals surface area contributed by atoms with Crippen molar-refractivity contribution in [1.29, 1.82) is 0 Å². The van der Waals surface area contributed by atoms with Gasteiger partial charge in [0.25, 0.3) is 0 Å². The Morgan fingerprint density at radius 2 is 1.68 bits per heavy atom. The Labute approximate surface area is 170 Å². The molecule has 6 nitrogen and oxygen atoms in total. The summed E-state index contributed by atoms with van der Waals surface area (Å²) in [5.74, 6) is -0.652. The Bertz CT molecular complexity index is 693. The maximum absolute atomic E-state index is 12.4. The first-order valence-corrected chi connectivity index (χ1v) is 11.8. The molecule has 7 heteroatoms. The Balaban J connectivity index is 1.39. The molecular weight excluding hydrogens is 374 g/mol. The molecule has 2 aliphatic rings. The van der Waals surface area contributed by atoms with Gasteiger partial charge in [0.1, 0.15) is 11.5 Å². The Kier molecular flexibility index (Phi) is 7.62. The highest BCUT2D eigenvalue weighted by atomic mass is 32.2. The van der Waals surface area contributed by atoms with Gasteiger partial charge in [0, 0.05) is 48.7 Å². The molecule has 1 saturated carbocycles. The van der Waals surface area contributed by atoms with Crippen molar-refractivity contribution in [3.8, 4) is 0 Å². The zero-order valence-corrected chi connectivity index (χ0v) is 17.5.